The van der Waals surface area contributed by atoms with Crippen LogP contribution in [0.3, 0.4) is 0 Å². The van der Waals surface area contributed by atoms with E-state index in [0.29, 0.717) is 12.0 Å². The van der Waals surface area contributed by atoms with Crippen LogP contribution >= 0.6 is 0 Å². The van der Waals surface area contributed by atoms with Gasteiger partial charge in [0.15, 0.2) is 0 Å². The van der Waals surface area contributed by atoms with E-state index in [1.165, 1.54) is 35.5 Å². The number of nitrogens with one attached hydrogen (secondary N) is 1. The van der Waals surface area contributed by atoms with Crippen molar-refractivity contribution in [3.05, 3.63) is 28.7 Å². The second-order valence-electron chi connectivity index (χ2n) is 7.85. The van der Waals surface area contributed by atoms with Gasteiger partial charge in [-0.2, -0.15) is 10.2 Å². The van der Waals surface area contributed by atoms with Gasteiger partial charge in [0.1, 0.15) is 5.82 Å². The van der Waals surface area contributed by atoms with Gasteiger partial charge in [-0.25, -0.2) is 4.68 Å². The Morgan fingerprint density at radius 2 is 2.12 bits per heavy atom. The van der Waals surface area contributed by atoms with Gasteiger partial charge in [0.25, 0.3) is 0 Å². The van der Waals surface area contributed by atoms with Gasteiger partial charge in [0, 0.05) is 57.1 Å². The highest BCUT2D eigenvalue weighted by atomic mass is 15.4. The van der Waals surface area contributed by atoms with E-state index >= 15 is 0 Å². The molecule has 3 rings (SSSR count). The molecular formula is C19H32N6. The fourth-order valence-electron chi connectivity index (χ4n) is 3.93. The number of aryl methyl sites for hydroxylation is 2. The Morgan fingerprint density at radius 3 is 2.80 bits per heavy atom. The van der Waals surface area contributed by atoms with Crippen molar-refractivity contribution in [1.82, 2.24) is 24.9 Å². The van der Waals surface area contributed by atoms with Crippen molar-refractivity contribution in [1.29, 1.82) is 0 Å². The lowest BCUT2D eigenvalue weighted by Crippen LogP contribution is -2.26. The van der Waals surface area contributed by atoms with E-state index in [4.69, 9.17) is 5.10 Å². The molecule has 0 saturated carbocycles. The Morgan fingerprint density at radius 1 is 1.36 bits per heavy atom. The molecule has 138 valence electrons. The molecule has 2 aromatic rings. The molecule has 0 fully saturated rings. The van der Waals surface area contributed by atoms with Crippen LogP contribution in [0.5, 0.6) is 0 Å². The molecule has 1 aliphatic carbocycles. The number of hydrogen-bond acceptors (Lipinski definition) is 4. The highest BCUT2D eigenvalue weighted by molar-refractivity contribution is 5.49. The molecule has 6 nitrogen and oxygen atoms in total. The lowest BCUT2D eigenvalue weighted by Gasteiger charge is -2.25. The van der Waals surface area contributed by atoms with Crippen molar-refractivity contribution in [2.45, 2.75) is 59.2 Å². The summed E-state index contributed by atoms with van der Waals surface area (Å²) in [7, 11) is 6.26. The zero-order valence-corrected chi connectivity index (χ0v) is 16.5. The smallest absolute Gasteiger partial charge is 0.131 e. The molecule has 0 radical (unpaired) electrons. The van der Waals surface area contributed by atoms with Gasteiger partial charge in [-0.1, -0.05) is 13.8 Å². The van der Waals surface area contributed by atoms with Crippen LogP contribution in [0.15, 0.2) is 6.20 Å². The topological polar surface area (TPSA) is 50.9 Å². The largest absolute Gasteiger partial charge is 0.363 e. The van der Waals surface area contributed by atoms with Crippen molar-refractivity contribution in [3.63, 3.8) is 0 Å². The molecule has 1 atom stereocenters. The number of nitrogens with zero attached hydrogens (tertiary/aromatic N) is 5. The fourth-order valence-corrected chi connectivity index (χ4v) is 3.93. The van der Waals surface area contributed by atoms with Gasteiger partial charge >= 0.3 is 0 Å². The van der Waals surface area contributed by atoms with Crippen LogP contribution in [-0.2, 0) is 26.6 Å². The van der Waals surface area contributed by atoms with E-state index in [1.54, 1.807) is 0 Å². The number of aromatic nitrogens is 4. The Labute approximate surface area is 151 Å². The van der Waals surface area contributed by atoms with E-state index in [1.807, 2.05) is 17.9 Å². The molecule has 0 saturated heterocycles. The molecule has 6 heteroatoms. The normalized spacial score (nSPS) is 17.2. The summed E-state index contributed by atoms with van der Waals surface area (Å²) >= 11 is 0. The summed E-state index contributed by atoms with van der Waals surface area (Å²) in [6.45, 7) is 8.39. The molecule has 2 heterocycles. The minimum Gasteiger partial charge on any atom is -0.363 e. The molecule has 0 bridgehead atoms. The third kappa shape index (κ3) is 3.59. The highest BCUT2D eigenvalue weighted by Crippen LogP contribution is 2.30. The van der Waals surface area contributed by atoms with E-state index in [9.17, 15) is 0 Å². The summed E-state index contributed by atoms with van der Waals surface area (Å²) < 4.78 is 4.19. The number of fused-ring (bicyclic) bond motifs is 1. The maximum Gasteiger partial charge on any atom is 0.131 e. The summed E-state index contributed by atoms with van der Waals surface area (Å²) in [5.41, 5.74) is 5.18. The summed E-state index contributed by atoms with van der Waals surface area (Å²) in [6.07, 6.45) is 5.57. The van der Waals surface area contributed by atoms with Crippen LogP contribution in [-0.4, -0.2) is 33.7 Å². The summed E-state index contributed by atoms with van der Waals surface area (Å²) in [5.74, 6) is 1.80. The van der Waals surface area contributed by atoms with Crippen molar-refractivity contribution >= 4 is 5.82 Å². The van der Waals surface area contributed by atoms with Crippen molar-refractivity contribution < 1.29 is 0 Å². The minimum absolute atomic E-state index is 0.389. The first-order valence-corrected chi connectivity index (χ1v) is 9.36. The first-order chi connectivity index (χ1) is 11.9. The second-order valence-corrected chi connectivity index (χ2v) is 7.85. The third-order valence-electron chi connectivity index (χ3n) is 5.08. The molecule has 2 aromatic heterocycles. The lowest BCUT2D eigenvalue weighted by atomic mass is 9.93. The fraction of sp³-hybridized carbons (Fsp3) is 0.684. The van der Waals surface area contributed by atoms with E-state index in [2.05, 4.69) is 54.9 Å². The second kappa shape index (κ2) is 7.20. The Hall–Kier alpha value is -1.82. The van der Waals surface area contributed by atoms with Crippen LogP contribution in [0.2, 0.25) is 0 Å². The zero-order valence-electron chi connectivity index (χ0n) is 16.5. The third-order valence-corrected chi connectivity index (χ3v) is 5.08. The molecule has 25 heavy (non-hydrogen) atoms. The Bertz CT molecular complexity index is 725. The molecule has 0 amide bonds. The summed E-state index contributed by atoms with van der Waals surface area (Å²) in [6, 6.07) is 0.389. The van der Waals surface area contributed by atoms with E-state index in [0.717, 1.165) is 25.2 Å². The molecule has 0 aliphatic heterocycles. The van der Waals surface area contributed by atoms with Crippen molar-refractivity contribution in [3.8, 4) is 0 Å². The highest BCUT2D eigenvalue weighted by Gasteiger charge is 2.24. The monoisotopic (exact) mass is 344 g/mol. The van der Waals surface area contributed by atoms with Crippen molar-refractivity contribution in [2.75, 3.05) is 19.0 Å². The van der Waals surface area contributed by atoms with Crippen LogP contribution in [0.4, 0.5) is 5.82 Å². The Balaban J connectivity index is 1.81. The van der Waals surface area contributed by atoms with Crippen molar-refractivity contribution in [2.24, 2.45) is 13.0 Å². The van der Waals surface area contributed by atoms with Crippen LogP contribution in [0.25, 0.3) is 0 Å². The molecule has 1 aliphatic rings. The van der Waals surface area contributed by atoms with E-state index in [-0.39, 0.29) is 0 Å². The lowest BCUT2D eigenvalue weighted by molar-refractivity contribution is 0.451. The molecule has 0 aromatic carbocycles. The molecular weight excluding hydrogens is 312 g/mol. The Kier molecular flexibility index (Phi) is 5.18. The quantitative estimate of drug-likeness (QED) is 0.875. The SMILES string of the molecule is Cc1nn(CC(C)C)c(N(C)C)c1CN[C@H]1CCCc2c1cnn2C. The van der Waals surface area contributed by atoms with Gasteiger partial charge in [-0.05, 0) is 32.1 Å². The molecule has 1 N–H and O–H groups in total. The number of hydrogen-bond donors (Lipinski definition) is 1. The average molecular weight is 345 g/mol. The number of rotatable bonds is 6. The summed E-state index contributed by atoms with van der Waals surface area (Å²) in [4.78, 5) is 2.19. The van der Waals surface area contributed by atoms with Gasteiger partial charge < -0.3 is 10.2 Å². The first-order valence-electron chi connectivity index (χ1n) is 9.36. The summed E-state index contributed by atoms with van der Waals surface area (Å²) in [5, 5.41) is 13.0. The number of anilines is 1. The minimum atomic E-state index is 0.389. The predicted octanol–water partition coefficient (Wildman–Crippen LogP) is 2.81. The standard InChI is InChI=1S/C19H32N6/c1-13(2)12-25-19(23(4)5)15(14(3)22-25)10-20-17-8-7-9-18-16(17)11-21-24(18)6/h11,13,17,20H,7-10,12H2,1-6H3/t17-/m0/s1. The van der Waals surface area contributed by atoms with Crippen LogP contribution in [0, 0.1) is 12.8 Å². The maximum absolute atomic E-state index is 4.80. The van der Waals surface area contributed by atoms with Gasteiger partial charge in [0.05, 0.1) is 11.9 Å². The molecule has 0 unspecified atom stereocenters. The van der Waals surface area contributed by atoms with Crippen LogP contribution < -0.4 is 10.2 Å². The van der Waals surface area contributed by atoms with Crippen LogP contribution in [0.1, 0.15) is 55.2 Å². The van der Waals surface area contributed by atoms with Gasteiger partial charge in [-0.3, -0.25) is 4.68 Å². The van der Waals surface area contributed by atoms with Gasteiger partial charge in [-0.15, -0.1) is 0 Å². The van der Waals surface area contributed by atoms with E-state index < -0.39 is 0 Å². The maximum atomic E-state index is 4.80. The molecule has 0 spiro atoms. The predicted molar refractivity (Wildman–Crippen MR) is 102 cm³/mol. The first kappa shape index (κ1) is 18.0. The average Bonchev–Trinajstić information content (AvgIpc) is 3.06. The zero-order chi connectivity index (χ0) is 18.1. The van der Waals surface area contributed by atoms with Gasteiger partial charge in [0.2, 0.25) is 0 Å².